The van der Waals surface area contributed by atoms with E-state index in [2.05, 4.69) is 24.5 Å². The summed E-state index contributed by atoms with van der Waals surface area (Å²) < 4.78 is 41.4. The maximum absolute atomic E-state index is 10.6. The molecule has 4 rings (SSSR count). The van der Waals surface area contributed by atoms with E-state index < -0.39 is 12.1 Å². The number of carbonyl (C=O) groups is 1. The molecule has 0 radical (unpaired) electrons. The van der Waals surface area contributed by atoms with Crippen LogP contribution in [-0.2, 0) is 29.2 Å². The van der Waals surface area contributed by atoms with Crippen molar-refractivity contribution >= 4 is 5.97 Å². The van der Waals surface area contributed by atoms with Crippen molar-refractivity contribution in [3.05, 3.63) is 30.4 Å². The molecule has 1 N–H and O–H groups in total. The van der Waals surface area contributed by atoms with Gasteiger partial charge in [0.15, 0.2) is 0 Å². The Balaban J connectivity index is 0.000000260. The molecule has 27 heavy (non-hydrogen) atoms. The molecule has 0 bridgehead atoms. The zero-order valence-corrected chi connectivity index (χ0v) is 14.3. The van der Waals surface area contributed by atoms with Gasteiger partial charge in [-0.3, -0.25) is 4.90 Å². The largest absolute Gasteiger partial charge is 0.490 e. The molecule has 2 aromatic heterocycles. The summed E-state index contributed by atoms with van der Waals surface area (Å²) in [5.41, 5.74) is 1.20. The van der Waals surface area contributed by atoms with Crippen molar-refractivity contribution in [1.82, 2.24) is 29.2 Å². The normalized spacial score (nSPS) is 20.0. The number of aromatic nitrogens is 5. The fourth-order valence-corrected chi connectivity index (χ4v) is 3.07. The molecule has 0 aliphatic carbocycles. The second-order valence-corrected chi connectivity index (χ2v) is 6.20. The fraction of sp³-hybridized carbons (Fsp3) is 0.600. The fourth-order valence-electron chi connectivity index (χ4n) is 3.07. The van der Waals surface area contributed by atoms with Crippen LogP contribution in [0.4, 0.5) is 13.2 Å². The Morgan fingerprint density at radius 3 is 2.74 bits per heavy atom. The highest BCUT2D eigenvalue weighted by atomic mass is 19.4. The van der Waals surface area contributed by atoms with Crippen molar-refractivity contribution < 1.29 is 27.8 Å². The molecule has 0 aromatic carbocycles. The first kappa shape index (κ1) is 19.3. The third-order valence-electron chi connectivity index (χ3n) is 4.43. The smallest absolute Gasteiger partial charge is 0.475 e. The molecule has 1 atom stereocenters. The third-order valence-corrected chi connectivity index (χ3v) is 4.43. The van der Waals surface area contributed by atoms with Crippen LogP contribution in [0.5, 0.6) is 0 Å². The molecule has 2 aliphatic heterocycles. The number of carboxylic acid groups (broad SMARTS) is 1. The molecule has 0 saturated carbocycles. The van der Waals surface area contributed by atoms with Crippen LogP contribution in [0.1, 0.15) is 17.9 Å². The number of ether oxygens (including phenoxy) is 1. The van der Waals surface area contributed by atoms with Gasteiger partial charge < -0.3 is 14.4 Å². The number of nitrogens with zero attached hydrogens (tertiary/aromatic N) is 6. The number of halogens is 3. The van der Waals surface area contributed by atoms with Gasteiger partial charge in [0, 0.05) is 25.7 Å². The molecular formula is C15H19F3N6O3. The molecule has 4 heterocycles. The van der Waals surface area contributed by atoms with Crippen LogP contribution in [0.25, 0.3) is 0 Å². The number of imidazole rings is 1. The molecule has 1 fully saturated rings. The van der Waals surface area contributed by atoms with Gasteiger partial charge in [0.25, 0.3) is 0 Å². The van der Waals surface area contributed by atoms with E-state index in [0.29, 0.717) is 6.04 Å². The Bertz CT molecular complexity index is 755. The lowest BCUT2D eigenvalue weighted by atomic mass is 10.2. The predicted octanol–water partition coefficient (Wildman–Crippen LogP) is 0.761. The Morgan fingerprint density at radius 1 is 1.37 bits per heavy atom. The van der Waals surface area contributed by atoms with Crippen LogP contribution in [0.3, 0.4) is 0 Å². The monoisotopic (exact) mass is 388 g/mol. The minimum Gasteiger partial charge on any atom is -0.475 e. The molecule has 9 nitrogen and oxygen atoms in total. The number of carboxylic acids is 1. The third kappa shape index (κ3) is 4.83. The summed E-state index contributed by atoms with van der Waals surface area (Å²) in [6.07, 6.45) is 1.33. The lowest BCUT2D eigenvalue weighted by molar-refractivity contribution is -0.192. The van der Waals surface area contributed by atoms with Gasteiger partial charge in [-0.1, -0.05) is 0 Å². The van der Waals surface area contributed by atoms with Gasteiger partial charge in [-0.2, -0.15) is 18.3 Å². The van der Waals surface area contributed by atoms with E-state index in [-0.39, 0.29) is 0 Å². The number of alkyl halides is 3. The molecule has 1 unspecified atom stereocenters. The minimum atomic E-state index is -5.08. The van der Waals surface area contributed by atoms with E-state index in [4.69, 9.17) is 14.6 Å². The highest BCUT2D eigenvalue weighted by molar-refractivity contribution is 5.73. The van der Waals surface area contributed by atoms with Gasteiger partial charge in [-0.05, 0) is 6.42 Å². The maximum atomic E-state index is 10.6. The van der Waals surface area contributed by atoms with Crippen molar-refractivity contribution in [3.63, 3.8) is 0 Å². The summed E-state index contributed by atoms with van der Waals surface area (Å²) in [4.78, 5) is 19.9. The quantitative estimate of drug-likeness (QED) is 0.829. The van der Waals surface area contributed by atoms with Crippen molar-refractivity contribution in [2.24, 2.45) is 0 Å². The number of hydrogen-bond acceptors (Lipinski definition) is 6. The molecule has 0 spiro atoms. The molecule has 12 heteroatoms. The second kappa shape index (κ2) is 8.05. The van der Waals surface area contributed by atoms with Crippen molar-refractivity contribution in [2.45, 2.75) is 38.3 Å². The van der Waals surface area contributed by atoms with Gasteiger partial charge in [-0.15, -0.1) is 0 Å². The first-order valence-electron chi connectivity index (χ1n) is 8.32. The van der Waals surface area contributed by atoms with Crippen LogP contribution in [0, 0.1) is 0 Å². The molecule has 1 saturated heterocycles. The Labute approximate surface area is 152 Å². The number of fused-ring (bicyclic) bond motifs is 1. The van der Waals surface area contributed by atoms with E-state index in [1.807, 2.05) is 10.9 Å². The van der Waals surface area contributed by atoms with Crippen molar-refractivity contribution in [1.29, 1.82) is 0 Å². The molecule has 148 valence electrons. The summed E-state index contributed by atoms with van der Waals surface area (Å²) >= 11 is 0. The van der Waals surface area contributed by atoms with Crippen LogP contribution in [-0.4, -0.2) is 72.3 Å². The summed E-state index contributed by atoms with van der Waals surface area (Å²) in [5, 5.41) is 11.3. The highest BCUT2D eigenvalue weighted by Crippen LogP contribution is 2.20. The summed E-state index contributed by atoms with van der Waals surface area (Å²) in [5.74, 6) is -1.61. The maximum Gasteiger partial charge on any atom is 0.490 e. The van der Waals surface area contributed by atoms with Crippen LogP contribution >= 0.6 is 0 Å². The number of hydrogen-bond donors (Lipinski definition) is 1. The summed E-state index contributed by atoms with van der Waals surface area (Å²) in [6, 6.07) is 0.569. The van der Waals surface area contributed by atoms with Gasteiger partial charge in [-0.25, -0.2) is 19.4 Å². The van der Waals surface area contributed by atoms with Crippen LogP contribution in [0.2, 0.25) is 0 Å². The highest BCUT2D eigenvalue weighted by Gasteiger charge is 2.38. The average Bonchev–Trinajstić information content (AvgIpc) is 3.37. The SMILES string of the molecule is O=C(O)C(F)(F)F.c1ncn(Cc2cnc3n2CCN(C2CCOC2)C3)n1. The van der Waals surface area contributed by atoms with E-state index >= 15 is 0 Å². The lowest BCUT2D eigenvalue weighted by Crippen LogP contribution is -2.41. The molecular weight excluding hydrogens is 369 g/mol. The molecule has 2 aromatic rings. The topological polar surface area (TPSA) is 98.3 Å². The van der Waals surface area contributed by atoms with Gasteiger partial charge in [0.05, 0.1) is 31.6 Å². The van der Waals surface area contributed by atoms with Gasteiger partial charge in [0.2, 0.25) is 0 Å². The first-order valence-corrected chi connectivity index (χ1v) is 8.32. The summed E-state index contributed by atoms with van der Waals surface area (Å²) in [7, 11) is 0. The lowest BCUT2D eigenvalue weighted by Gasteiger charge is -2.32. The summed E-state index contributed by atoms with van der Waals surface area (Å²) in [6.45, 7) is 5.49. The molecule has 0 amide bonds. The Kier molecular flexibility index (Phi) is 5.75. The van der Waals surface area contributed by atoms with Crippen LogP contribution < -0.4 is 0 Å². The van der Waals surface area contributed by atoms with Gasteiger partial charge >= 0.3 is 12.1 Å². The van der Waals surface area contributed by atoms with Crippen LogP contribution in [0.15, 0.2) is 18.9 Å². The standard InChI is InChI=1S/C13H18N6O.C2HF3O2/c1-4-20-8-11(1)17-2-3-19-12(5-15-13(19)7-17)6-18-10-14-9-16-18;3-2(4,5)1(6)7/h5,9-11H,1-4,6-8H2;(H,6,7). The average molecular weight is 388 g/mol. The van der Waals surface area contributed by atoms with Gasteiger partial charge in [0.1, 0.15) is 18.5 Å². The van der Waals surface area contributed by atoms with E-state index in [0.717, 1.165) is 51.6 Å². The zero-order valence-electron chi connectivity index (χ0n) is 14.3. The molecule has 2 aliphatic rings. The van der Waals surface area contributed by atoms with E-state index in [9.17, 15) is 13.2 Å². The minimum absolute atomic E-state index is 0.569. The Morgan fingerprint density at radius 2 is 2.15 bits per heavy atom. The second-order valence-electron chi connectivity index (χ2n) is 6.20. The van der Waals surface area contributed by atoms with Crippen molar-refractivity contribution in [3.8, 4) is 0 Å². The van der Waals surface area contributed by atoms with E-state index in [1.165, 1.54) is 5.69 Å². The first-order chi connectivity index (χ1) is 12.8. The Hall–Kier alpha value is -2.47. The zero-order chi connectivity index (χ0) is 19.4. The predicted molar refractivity (Wildman–Crippen MR) is 84.7 cm³/mol. The number of rotatable bonds is 3. The van der Waals surface area contributed by atoms with Crippen molar-refractivity contribution in [2.75, 3.05) is 19.8 Å². The number of aliphatic carboxylic acids is 1. The van der Waals surface area contributed by atoms with E-state index in [1.54, 1.807) is 12.7 Å².